The molecule has 0 aromatic carbocycles. The SMILES string of the molecule is COC(=O)N(C)CC1COC1. The minimum atomic E-state index is -0.281. The quantitative estimate of drug-likeness (QED) is 0.583. The molecular formula is C7H13NO3. The Hall–Kier alpha value is -0.770. The van der Waals surface area contributed by atoms with Crippen molar-refractivity contribution in [1.82, 2.24) is 4.90 Å². The molecule has 1 aliphatic rings. The van der Waals surface area contributed by atoms with E-state index in [9.17, 15) is 4.79 Å². The summed E-state index contributed by atoms with van der Waals surface area (Å²) in [6, 6.07) is 0. The van der Waals surface area contributed by atoms with Crippen LogP contribution in [0.2, 0.25) is 0 Å². The molecule has 0 N–H and O–H groups in total. The number of methoxy groups -OCH3 is 1. The van der Waals surface area contributed by atoms with Gasteiger partial charge in [0.2, 0.25) is 0 Å². The van der Waals surface area contributed by atoms with Gasteiger partial charge in [-0.05, 0) is 0 Å². The van der Waals surface area contributed by atoms with Gasteiger partial charge < -0.3 is 14.4 Å². The van der Waals surface area contributed by atoms with Gasteiger partial charge in [-0.2, -0.15) is 0 Å². The Balaban J connectivity index is 2.18. The number of amides is 1. The van der Waals surface area contributed by atoms with Gasteiger partial charge in [0, 0.05) is 19.5 Å². The van der Waals surface area contributed by atoms with Gasteiger partial charge in [0.1, 0.15) is 0 Å². The molecule has 1 heterocycles. The number of hydrogen-bond donors (Lipinski definition) is 0. The van der Waals surface area contributed by atoms with E-state index in [1.807, 2.05) is 0 Å². The second-order valence-corrected chi connectivity index (χ2v) is 2.75. The molecule has 0 saturated carbocycles. The minimum Gasteiger partial charge on any atom is -0.453 e. The van der Waals surface area contributed by atoms with Crippen LogP contribution in [0.3, 0.4) is 0 Å². The molecule has 1 amide bonds. The van der Waals surface area contributed by atoms with E-state index >= 15 is 0 Å². The first-order valence-electron chi connectivity index (χ1n) is 3.61. The molecule has 0 radical (unpaired) electrons. The molecule has 0 bridgehead atoms. The third kappa shape index (κ3) is 2.08. The lowest BCUT2D eigenvalue weighted by Gasteiger charge is -2.29. The van der Waals surface area contributed by atoms with Crippen LogP contribution < -0.4 is 0 Å². The predicted octanol–water partition coefficient (Wildman–Crippen LogP) is 0.331. The largest absolute Gasteiger partial charge is 0.453 e. The second-order valence-electron chi connectivity index (χ2n) is 2.75. The number of ether oxygens (including phenoxy) is 2. The van der Waals surface area contributed by atoms with Gasteiger partial charge in [-0.15, -0.1) is 0 Å². The molecule has 1 aliphatic heterocycles. The highest BCUT2D eigenvalue weighted by molar-refractivity contribution is 5.66. The number of nitrogens with zero attached hydrogens (tertiary/aromatic N) is 1. The van der Waals surface area contributed by atoms with E-state index in [2.05, 4.69) is 4.74 Å². The summed E-state index contributed by atoms with van der Waals surface area (Å²) in [5, 5.41) is 0. The molecule has 1 saturated heterocycles. The highest BCUT2D eigenvalue weighted by Crippen LogP contribution is 2.10. The molecule has 0 atom stereocenters. The summed E-state index contributed by atoms with van der Waals surface area (Å²) in [5.41, 5.74) is 0. The molecule has 0 aromatic rings. The van der Waals surface area contributed by atoms with Crippen molar-refractivity contribution < 1.29 is 14.3 Å². The van der Waals surface area contributed by atoms with Crippen LogP contribution in [0.4, 0.5) is 4.79 Å². The van der Waals surface area contributed by atoms with Crippen LogP contribution in [0.1, 0.15) is 0 Å². The Bertz CT molecular complexity index is 145. The van der Waals surface area contributed by atoms with Crippen molar-refractivity contribution >= 4 is 6.09 Å². The Morgan fingerprint density at radius 1 is 1.73 bits per heavy atom. The maximum absolute atomic E-state index is 10.9. The summed E-state index contributed by atoms with van der Waals surface area (Å²) < 4.78 is 9.50. The molecule has 0 unspecified atom stereocenters. The molecule has 0 aromatic heterocycles. The zero-order chi connectivity index (χ0) is 8.27. The zero-order valence-corrected chi connectivity index (χ0v) is 6.87. The predicted molar refractivity (Wildman–Crippen MR) is 39.3 cm³/mol. The highest BCUT2D eigenvalue weighted by atomic mass is 16.5. The Labute approximate surface area is 66.1 Å². The minimum absolute atomic E-state index is 0.281. The molecule has 0 aliphatic carbocycles. The second kappa shape index (κ2) is 3.57. The first-order valence-corrected chi connectivity index (χ1v) is 3.61. The average Bonchev–Trinajstić information content (AvgIpc) is 1.94. The third-order valence-corrected chi connectivity index (χ3v) is 1.73. The van der Waals surface area contributed by atoms with Gasteiger partial charge in [0.25, 0.3) is 0 Å². The van der Waals surface area contributed by atoms with Gasteiger partial charge in [0.15, 0.2) is 0 Å². The van der Waals surface area contributed by atoms with Crippen LogP contribution in [0.25, 0.3) is 0 Å². The third-order valence-electron chi connectivity index (χ3n) is 1.73. The van der Waals surface area contributed by atoms with E-state index in [4.69, 9.17) is 4.74 Å². The van der Waals surface area contributed by atoms with Gasteiger partial charge in [-0.1, -0.05) is 0 Å². The standard InChI is InChI=1S/C7H13NO3/c1-8(7(9)10-2)3-6-4-11-5-6/h6H,3-5H2,1-2H3. The van der Waals surface area contributed by atoms with Crippen molar-refractivity contribution in [3.05, 3.63) is 0 Å². The summed E-state index contributed by atoms with van der Waals surface area (Å²) in [6.07, 6.45) is -0.281. The van der Waals surface area contributed by atoms with Crippen molar-refractivity contribution in [1.29, 1.82) is 0 Å². The fourth-order valence-corrected chi connectivity index (χ4v) is 1.01. The fourth-order valence-electron chi connectivity index (χ4n) is 1.01. The Kier molecular flexibility index (Phi) is 2.70. The zero-order valence-electron chi connectivity index (χ0n) is 6.87. The molecule has 1 fully saturated rings. The maximum Gasteiger partial charge on any atom is 0.409 e. The van der Waals surface area contributed by atoms with E-state index in [-0.39, 0.29) is 6.09 Å². The summed E-state index contributed by atoms with van der Waals surface area (Å²) in [4.78, 5) is 12.4. The van der Waals surface area contributed by atoms with Crippen LogP contribution in [-0.2, 0) is 9.47 Å². The summed E-state index contributed by atoms with van der Waals surface area (Å²) in [7, 11) is 3.11. The Morgan fingerprint density at radius 2 is 2.36 bits per heavy atom. The van der Waals surface area contributed by atoms with Crippen molar-refractivity contribution in [3.63, 3.8) is 0 Å². The normalized spacial score (nSPS) is 17.3. The first kappa shape index (κ1) is 8.33. The van der Waals surface area contributed by atoms with Crippen molar-refractivity contribution in [3.8, 4) is 0 Å². The van der Waals surface area contributed by atoms with Crippen molar-refractivity contribution in [2.45, 2.75) is 0 Å². The van der Waals surface area contributed by atoms with E-state index in [1.54, 1.807) is 11.9 Å². The molecule has 64 valence electrons. The van der Waals surface area contributed by atoms with Gasteiger partial charge in [-0.25, -0.2) is 4.79 Å². The van der Waals surface area contributed by atoms with Crippen LogP contribution >= 0.6 is 0 Å². The van der Waals surface area contributed by atoms with Crippen LogP contribution in [0.15, 0.2) is 0 Å². The lowest BCUT2D eigenvalue weighted by atomic mass is 10.1. The van der Waals surface area contributed by atoms with Gasteiger partial charge in [0.05, 0.1) is 20.3 Å². The number of hydrogen-bond acceptors (Lipinski definition) is 3. The topological polar surface area (TPSA) is 38.8 Å². The van der Waals surface area contributed by atoms with Gasteiger partial charge >= 0.3 is 6.09 Å². The molecular weight excluding hydrogens is 146 g/mol. The first-order chi connectivity index (χ1) is 5.24. The lowest BCUT2D eigenvalue weighted by Crippen LogP contribution is -2.40. The molecule has 4 nitrogen and oxygen atoms in total. The van der Waals surface area contributed by atoms with Crippen LogP contribution in [-0.4, -0.2) is 44.9 Å². The lowest BCUT2D eigenvalue weighted by molar-refractivity contribution is -0.0420. The molecule has 0 spiro atoms. The van der Waals surface area contributed by atoms with Crippen molar-refractivity contribution in [2.24, 2.45) is 5.92 Å². The highest BCUT2D eigenvalue weighted by Gasteiger charge is 2.22. The number of carbonyl (C=O) groups excluding carboxylic acids is 1. The monoisotopic (exact) mass is 159 g/mol. The van der Waals surface area contributed by atoms with Crippen LogP contribution in [0.5, 0.6) is 0 Å². The van der Waals surface area contributed by atoms with E-state index < -0.39 is 0 Å². The van der Waals surface area contributed by atoms with Crippen molar-refractivity contribution in [2.75, 3.05) is 33.9 Å². The Morgan fingerprint density at radius 3 is 2.73 bits per heavy atom. The van der Waals surface area contributed by atoms with E-state index in [0.29, 0.717) is 5.92 Å². The van der Waals surface area contributed by atoms with E-state index in [1.165, 1.54) is 7.11 Å². The summed E-state index contributed by atoms with van der Waals surface area (Å²) in [5.74, 6) is 0.499. The smallest absolute Gasteiger partial charge is 0.409 e. The summed E-state index contributed by atoms with van der Waals surface area (Å²) >= 11 is 0. The number of rotatable bonds is 2. The van der Waals surface area contributed by atoms with E-state index in [0.717, 1.165) is 19.8 Å². The molecule has 1 rings (SSSR count). The summed E-state index contributed by atoms with van der Waals surface area (Å²) in [6.45, 7) is 2.26. The molecule has 4 heteroatoms. The fraction of sp³-hybridized carbons (Fsp3) is 0.857. The van der Waals surface area contributed by atoms with Gasteiger partial charge in [-0.3, -0.25) is 0 Å². The number of carbonyl (C=O) groups is 1. The average molecular weight is 159 g/mol. The van der Waals surface area contributed by atoms with Crippen LogP contribution in [0, 0.1) is 5.92 Å². The molecule has 11 heavy (non-hydrogen) atoms. The maximum atomic E-state index is 10.9.